The Hall–Kier alpha value is -3.68. The van der Waals surface area contributed by atoms with E-state index in [2.05, 4.69) is 15.5 Å². The van der Waals surface area contributed by atoms with Crippen molar-refractivity contribution in [2.24, 2.45) is 0 Å². The summed E-state index contributed by atoms with van der Waals surface area (Å²) in [4.78, 5) is 27.3. The summed E-state index contributed by atoms with van der Waals surface area (Å²) in [5.41, 5.74) is 0.937. The van der Waals surface area contributed by atoms with Crippen LogP contribution in [0.3, 0.4) is 0 Å². The Morgan fingerprint density at radius 3 is 2.59 bits per heavy atom. The van der Waals surface area contributed by atoms with E-state index < -0.39 is 11.6 Å². The summed E-state index contributed by atoms with van der Waals surface area (Å²) in [6.07, 6.45) is 0.456. The largest absolute Gasteiger partial charge is 0.481 e. The summed E-state index contributed by atoms with van der Waals surface area (Å²) < 4.78 is 11.0. The highest BCUT2D eigenvalue weighted by molar-refractivity contribution is 6.14. The van der Waals surface area contributed by atoms with E-state index in [-0.39, 0.29) is 11.8 Å². The molecule has 2 amide bonds. The quantitative estimate of drug-likeness (QED) is 0.732. The molecule has 8 nitrogen and oxygen atoms in total. The number of aromatic nitrogens is 2. The Balaban J connectivity index is 1.56. The van der Waals surface area contributed by atoms with Gasteiger partial charge < -0.3 is 14.5 Å². The number of hydrogen-bond acceptors (Lipinski definition) is 6. The first-order valence-corrected chi connectivity index (χ1v) is 9.16. The maximum Gasteiger partial charge on any atom is 0.268 e. The maximum absolute atomic E-state index is 13.3. The number of nitrogens with zero attached hydrogens (tertiary/aromatic N) is 3. The molecule has 1 N–H and O–H groups in total. The molecule has 1 atom stereocenters. The predicted octanol–water partition coefficient (Wildman–Crippen LogP) is 3.27. The van der Waals surface area contributed by atoms with Gasteiger partial charge in [0, 0.05) is 5.56 Å². The fourth-order valence-corrected chi connectivity index (χ4v) is 3.26. The van der Waals surface area contributed by atoms with Gasteiger partial charge in [-0.05, 0) is 57.2 Å². The van der Waals surface area contributed by atoms with Crippen molar-refractivity contribution in [1.29, 1.82) is 0 Å². The molecule has 0 unspecified atom stereocenters. The second kappa shape index (κ2) is 7.05. The van der Waals surface area contributed by atoms with Crippen LogP contribution in [0.5, 0.6) is 5.75 Å². The lowest BCUT2D eigenvalue weighted by atomic mass is 9.95. The van der Waals surface area contributed by atoms with Crippen molar-refractivity contribution in [3.8, 4) is 17.2 Å². The number of para-hydroxylation sites is 2. The number of benzene rings is 2. The van der Waals surface area contributed by atoms with Crippen LogP contribution in [0.4, 0.5) is 11.4 Å². The standard InChI is InChI=1S/C21H20N4O4/c1-13(29-15-10-8-14(9-11-15)18-24-22-12-28-18)19(26)25-17-7-5-4-6-16(17)23-20(27)21(25,2)3/h4-13H,1-3H3,(H,23,27)/t13-/m0/s1. The molecule has 0 spiro atoms. The topological polar surface area (TPSA) is 97.6 Å². The van der Waals surface area contributed by atoms with Crippen molar-refractivity contribution >= 4 is 23.2 Å². The average molecular weight is 392 g/mol. The lowest BCUT2D eigenvalue weighted by molar-refractivity contribution is -0.130. The van der Waals surface area contributed by atoms with Crippen LogP contribution >= 0.6 is 0 Å². The summed E-state index contributed by atoms with van der Waals surface area (Å²) in [6, 6.07) is 14.2. The van der Waals surface area contributed by atoms with E-state index in [1.165, 1.54) is 11.3 Å². The van der Waals surface area contributed by atoms with Gasteiger partial charge in [-0.2, -0.15) is 0 Å². The molecule has 0 radical (unpaired) electrons. The zero-order chi connectivity index (χ0) is 20.6. The van der Waals surface area contributed by atoms with E-state index in [4.69, 9.17) is 9.15 Å². The van der Waals surface area contributed by atoms with Crippen molar-refractivity contribution in [3.05, 3.63) is 54.9 Å². The van der Waals surface area contributed by atoms with Gasteiger partial charge in [-0.3, -0.25) is 14.5 Å². The second-order valence-corrected chi connectivity index (χ2v) is 7.23. The molecule has 29 heavy (non-hydrogen) atoms. The lowest BCUT2D eigenvalue weighted by Crippen LogP contribution is -2.60. The van der Waals surface area contributed by atoms with Crippen molar-refractivity contribution < 1.29 is 18.7 Å². The lowest BCUT2D eigenvalue weighted by Gasteiger charge is -2.42. The molecule has 0 aliphatic carbocycles. The molecule has 3 aromatic rings. The first-order chi connectivity index (χ1) is 13.9. The number of fused-ring (bicyclic) bond motifs is 1. The van der Waals surface area contributed by atoms with Crippen LogP contribution in [0, 0.1) is 0 Å². The summed E-state index contributed by atoms with van der Waals surface area (Å²) in [5, 5.41) is 10.4. The monoisotopic (exact) mass is 392 g/mol. The fraction of sp³-hybridized carbons (Fsp3) is 0.238. The SMILES string of the molecule is C[C@H](Oc1ccc(-c2nnco2)cc1)C(=O)N1c2ccccc2NC(=O)C1(C)C. The summed E-state index contributed by atoms with van der Waals surface area (Å²) in [7, 11) is 0. The Labute approximate surface area is 167 Å². The molecule has 8 heteroatoms. The third-order valence-corrected chi connectivity index (χ3v) is 4.85. The van der Waals surface area contributed by atoms with Crippen LogP contribution in [0.25, 0.3) is 11.5 Å². The molecule has 1 aromatic heterocycles. The van der Waals surface area contributed by atoms with E-state index in [0.717, 1.165) is 5.56 Å². The van der Waals surface area contributed by atoms with Crippen LogP contribution in [0.1, 0.15) is 20.8 Å². The molecule has 1 aliphatic rings. The maximum atomic E-state index is 13.3. The number of rotatable bonds is 4. The highest BCUT2D eigenvalue weighted by Gasteiger charge is 2.45. The Bertz CT molecular complexity index is 1040. The molecule has 1 aliphatic heterocycles. The van der Waals surface area contributed by atoms with Gasteiger partial charge >= 0.3 is 0 Å². The van der Waals surface area contributed by atoms with E-state index >= 15 is 0 Å². The first-order valence-electron chi connectivity index (χ1n) is 9.16. The molecule has 2 aromatic carbocycles. The fourth-order valence-electron chi connectivity index (χ4n) is 3.26. The van der Waals surface area contributed by atoms with Gasteiger partial charge in [0.1, 0.15) is 11.3 Å². The van der Waals surface area contributed by atoms with E-state index in [0.29, 0.717) is 23.0 Å². The number of carbonyl (C=O) groups excluding carboxylic acids is 2. The molecule has 0 saturated carbocycles. The minimum Gasteiger partial charge on any atom is -0.481 e. The number of ether oxygens (including phenoxy) is 1. The van der Waals surface area contributed by atoms with Crippen molar-refractivity contribution in [3.63, 3.8) is 0 Å². The van der Waals surface area contributed by atoms with Gasteiger partial charge in [-0.15, -0.1) is 10.2 Å². The number of nitrogens with one attached hydrogen (secondary N) is 1. The molecule has 148 valence electrons. The molecule has 4 rings (SSSR count). The first kappa shape index (κ1) is 18.7. The smallest absolute Gasteiger partial charge is 0.268 e. The van der Waals surface area contributed by atoms with Gasteiger partial charge in [-0.1, -0.05) is 12.1 Å². The van der Waals surface area contributed by atoms with Gasteiger partial charge in [-0.25, -0.2) is 0 Å². The predicted molar refractivity (Wildman–Crippen MR) is 106 cm³/mol. The van der Waals surface area contributed by atoms with Crippen LogP contribution in [0.2, 0.25) is 0 Å². The van der Waals surface area contributed by atoms with Crippen LogP contribution in [-0.2, 0) is 9.59 Å². The zero-order valence-electron chi connectivity index (χ0n) is 16.2. The Morgan fingerprint density at radius 1 is 1.17 bits per heavy atom. The third kappa shape index (κ3) is 3.33. The normalized spacial score (nSPS) is 16.0. The molecule has 2 heterocycles. The number of hydrogen-bond donors (Lipinski definition) is 1. The van der Waals surface area contributed by atoms with Crippen molar-refractivity contribution in [2.45, 2.75) is 32.4 Å². The minimum absolute atomic E-state index is 0.249. The number of anilines is 2. The van der Waals surface area contributed by atoms with Gasteiger partial charge in [0.05, 0.1) is 11.4 Å². The molecule has 0 saturated heterocycles. The minimum atomic E-state index is -1.05. The second-order valence-electron chi connectivity index (χ2n) is 7.23. The summed E-state index contributed by atoms with van der Waals surface area (Å²) in [5.74, 6) is 0.360. The Kier molecular flexibility index (Phi) is 4.54. The summed E-state index contributed by atoms with van der Waals surface area (Å²) in [6.45, 7) is 5.09. The van der Waals surface area contributed by atoms with Crippen molar-refractivity contribution in [1.82, 2.24) is 10.2 Å². The van der Waals surface area contributed by atoms with E-state index in [1.54, 1.807) is 57.2 Å². The van der Waals surface area contributed by atoms with E-state index in [9.17, 15) is 9.59 Å². The van der Waals surface area contributed by atoms with E-state index in [1.807, 2.05) is 12.1 Å². The van der Waals surface area contributed by atoms with Crippen LogP contribution in [0.15, 0.2) is 59.3 Å². The number of carbonyl (C=O) groups is 2. The molecule has 0 fully saturated rings. The third-order valence-electron chi connectivity index (χ3n) is 4.85. The molecular formula is C21H20N4O4. The zero-order valence-corrected chi connectivity index (χ0v) is 16.2. The molecule has 0 bridgehead atoms. The van der Waals surface area contributed by atoms with Gasteiger partial charge in [0.15, 0.2) is 6.10 Å². The van der Waals surface area contributed by atoms with Crippen molar-refractivity contribution in [2.75, 3.05) is 10.2 Å². The highest BCUT2D eigenvalue weighted by atomic mass is 16.5. The Morgan fingerprint density at radius 2 is 1.90 bits per heavy atom. The highest BCUT2D eigenvalue weighted by Crippen LogP contribution is 2.37. The van der Waals surface area contributed by atoms with Crippen LogP contribution in [-0.4, -0.2) is 33.7 Å². The molecular weight excluding hydrogens is 372 g/mol. The van der Waals surface area contributed by atoms with Gasteiger partial charge in [0.25, 0.3) is 5.91 Å². The average Bonchev–Trinajstić information content (AvgIpc) is 3.24. The van der Waals surface area contributed by atoms with Crippen LogP contribution < -0.4 is 15.0 Å². The van der Waals surface area contributed by atoms with Gasteiger partial charge in [0.2, 0.25) is 18.2 Å². The summed E-state index contributed by atoms with van der Waals surface area (Å²) >= 11 is 0. The number of amides is 2.